The average Bonchev–Trinajstić information content (AvgIpc) is 2.42. The lowest BCUT2D eigenvalue weighted by atomic mass is 9.96. The van der Waals surface area contributed by atoms with Crippen molar-refractivity contribution in [2.24, 2.45) is 0 Å². The predicted molar refractivity (Wildman–Crippen MR) is 70.6 cm³/mol. The molecule has 0 spiro atoms. The first-order valence-corrected chi connectivity index (χ1v) is 6.63. The fraction of sp³-hybridized carbons (Fsp3) is 0.643. The lowest BCUT2D eigenvalue weighted by Crippen LogP contribution is -2.36. The summed E-state index contributed by atoms with van der Waals surface area (Å²) in [7, 11) is 0. The van der Waals surface area contributed by atoms with Crippen LogP contribution in [0.4, 0.5) is 5.82 Å². The molecule has 1 aromatic heterocycles. The number of nitrogens with zero attached hydrogens (tertiary/aromatic N) is 2. The van der Waals surface area contributed by atoms with Crippen LogP contribution >= 0.6 is 0 Å². The molecule has 0 unspecified atom stereocenters. The van der Waals surface area contributed by atoms with Gasteiger partial charge >= 0.3 is 0 Å². The summed E-state index contributed by atoms with van der Waals surface area (Å²) < 4.78 is 5.35. The maximum absolute atomic E-state index is 5.35. The smallest absolute Gasteiger partial charge is 0.128 e. The van der Waals surface area contributed by atoms with Crippen LogP contribution in [-0.4, -0.2) is 31.3 Å². The standard InChI is InChI=1S/C14H22N2O/c1-3-12(4-2)13-5-6-14(15-11-13)16-7-9-17-10-8-16/h5-6,11-12H,3-4,7-10H2,1-2H3. The minimum atomic E-state index is 0.654. The van der Waals surface area contributed by atoms with E-state index in [2.05, 4.69) is 35.9 Å². The first-order chi connectivity index (χ1) is 8.35. The van der Waals surface area contributed by atoms with E-state index in [1.54, 1.807) is 0 Å². The lowest BCUT2D eigenvalue weighted by Gasteiger charge is -2.28. The first kappa shape index (κ1) is 12.4. The van der Waals surface area contributed by atoms with Gasteiger partial charge < -0.3 is 9.64 Å². The molecular formula is C14H22N2O. The van der Waals surface area contributed by atoms with Crippen molar-refractivity contribution in [2.75, 3.05) is 31.2 Å². The molecule has 3 nitrogen and oxygen atoms in total. The Morgan fingerprint density at radius 1 is 1.24 bits per heavy atom. The summed E-state index contributed by atoms with van der Waals surface area (Å²) in [5.74, 6) is 1.74. The molecule has 0 saturated carbocycles. The van der Waals surface area contributed by atoms with E-state index in [-0.39, 0.29) is 0 Å². The second-order valence-electron chi connectivity index (χ2n) is 4.56. The zero-order chi connectivity index (χ0) is 12.1. The topological polar surface area (TPSA) is 25.4 Å². The fourth-order valence-electron chi connectivity index (χ4n) is 2.38. The van der Waals surface area contributed by atoms with Gasteiger partial charge in [-0.15, -0.1) is 0 Å². The van der Waals surface area contributed by atoms with Crippen LogP contribution in [0.2, 0.25) is 0 Å². The Morgan fingerprint density at radius 2 is 1.94 bits per heavy atom. The van der Waals surface area contributed by atoms with E-state index in [9.17, 15) is 0 Å². The molecule has 0 atom stereocenters. The van der Waals surface area contributed by atoms with E-state index in [0.717, 1.165) is 32.1 Å². The van der Waals surface area contributed by atoms with Gasteiger partial charge in [-0.1, -0.05) is 19.9 Å². The van der Waals surface area contributed by atoms with Gasteiger partial charge in [0.15, 0.2) is 0 Å². The predicted octanol–water partition coefficient (Wildman–Crippen LogP) is 2.82. The third-order valence-corrected chi connectivity index (χ3v) is 3.56. The molecule has 1 aliphatic heterocycles. The molecule has 0 N–H and O–H groups in total. The minimum Gasteiger partial charge on any atom is -0.378 e. The first-order valence-electron chi connectivity index (χ1n) is 6.63. The number of pyridine rings is 1. The van der Waals surface area contributed by atoms with Gasteiger partial charge in [-0.3, -0.25) is 0 Å². The Labute approximate surface area is 104 Å². The molecule has 0 aromatic carbocycles. The third kappa shape index (κ3) is 2.97. The van der Waals surface area contributed by atoms with Gasteiger partial charge in [0.2, 0.25) is 0 Å². The second-order valence-corrected chi connectivity index (χ2v) is 4.56. The summed E-state index contributed by atoms with van der Waals surface area (Å²) in [6.45, 7) is 8.02. The van der Waals surface area contributed by atoms with Crippen molar-refractivity contribution in [1.82, 2.24) is 4.98 Å². The van der Waals surface area contributed by atoms with Crippen LogP contribution in [0.5, 0.6) is 0 Å². The van der Waals surface area contributed by atoms with Crippen LogP contribution < -0.4 is 4.90 Å². The van der Waals surface area contributed by atoms with E-state index in [1.165, 1.54) is 18.4 Å². The van der Waals surface area contributed by atoms with E-state index in [1.807, 2.05) is 6.20 Å². The van der Waals surface area contributed by atoms with E-state index >= 15 is 0 Å². The van der Waals surface area contributed by atoms with Crippen molar-refractivity contribution < 1.29 is 4.74 Å². The maximum atomic E-state index is 5.35. The van der Waals surface area contributed by atoms with Crippen molar-refractivity contribution in [2.45, 2.75) is 32.6 Å². The summed E-state index contributed by atoms with van der Waals surface area (Å²) in [5.41, 5.74) is 1.37. The highest BCUT2D eigenvalue weighted by Crippen LogP contribution is 2.23. The Morgan fingerprint density at radius 3 is 2.47 bits per heavy atom. The molecule has 1 aromatic rings. The zero-order valence-electron chi connectivity index (χ0n) is 10.9. The molecule has 3 heteroatoms. The molecule has 0 amide bonds. The van der Waals surface area contributed by atoms with Crippen LogP contribution in [0.15, 0.2) is 18.3 Å². The van der Waals surface area contributed by atoms with E-state index < -0.39 is 0 Å². The van der Waals surface area contributed by atoms with Gasteiger partial charge in [-0.2, -0.15) is 0 Å². The Balaban J connectivity index is 2.06. The molecule has 1 aliphatic rings. The van der Waals surface area contributed by atoms with Gasteiger partial charge in [0, 0.05) is 19.3 Å². The molecule has 2 heterocycles. The molecule has 0 bridgehead atoms. The maximum Gasteiger partial charge on any atom is 0.128 e. The molecular weight excluding hydrogens is 212 g/mol. The second kappa shape index (κ2) is 6.01. The number of hydrogen-bond donors (Lipinski definition) is 0. The summed E-state index contributed by atoms with van der Waals surface area (Å²) in [4.78, 5) is 6.88. The highest BCUT2D eigenvalue weighted by atomic mass is 16.5. The number of aromatic nitrogens is 1. The van der Waals surface area contributed by atoms with Crippen LogP contribution in [0, 0.1) is 0 Å². The van der Waals surface area contributed by atoms with Crippen LogP contribution in [0.1, 0.15) is 38.2 Å². The van der Waals surface area contributed by atoms with Crippen LogP contribution in [0.3, 0.4) is 0 Å². The third-order valence-electron chi connectivity index (χ3n) is 3.56. The van der Waals surface area contributed by atoms with Crippen molar-refractivity contribution in [3.05, 3.63) is 23.9 Å². The highest BCUT2D eigenvalue weighted by Gasteiger charge is 2.13. The van der Waals surface area contributed by atoms with Crippen molar-refractivity contribution in [3.8, 4) is 0 Å². The largest absolute Gasteiger partial charge is 0.378 e. The number of ether oxygens (including phenoxy) is 1. The zero-order valence-corrected chi connectivity index (χ0v) is 10.9. The Bertz CT molecular complexity index is 327. The van der Waals surface area contributed by atoms with E-state index in [4.69, 9.17) is 4.74 Å². The van der Waals surface area contributed by atoms with Gasteiger partial charge in [0.05, 0.1) is 13.2 Å². The average molecular weight is 234 g/mol. The molecule has 0 aliphatic carbocycles. The molecule has 1 fully saturated rings. The quantitative estimate of drug-likeness (QED) is 0.801. The molecule has 17 heavy (non-hydrogen) atoms. The van der Waals surface area contributed by atoms with Crippen LogP contribution in [-0.2, 0) is 4.74 Å². The SMILES string of the molecule is CCC(CC)c1ccc(N2CCOCC2)nc1. The molecule has 94 valence electrons. The van der Waals surface area contributed by atoms with Gasteiger partial charge in [0.25, 0.3) is 0 Å². The van der Waals surface area contributed by atoms with Gasteiger partial charge in [0.1, 0.15) is 5.82 Å². The number of rotatable bonds is 4. The summed E-state index contributed by atoms with van der Waals surface area (Å²) >= 11 is 0. The highest BCUT2D eigenvalue weighted by molar-refractivity contribution is 5.40. The van der Waals surface area contributed by atoms with Gasteiger partial charge in [-0.05, 0) is 30.4 Å². The number of morpholine rings is 1. The molecule has 1 saturated heterocycles. The Kier molecular flexibility index (Phi) is 4.37. The van der Waals surface area contributed by atoms with Crippen molar-refractivity contribution >= 4 is 5.82 Å². The summed E-state index contributed by atoms with van der Waals surface area (Å²) in [6.07, 6.45) is 4.42. The van der Waals surface area contributed by atoms with Crippen molar-refractivity contribution in [3.63, 3.8) is 0 Å². The Hall–Kier alpha value is -1.09. The normalized spacial score (nSPS) is 16.5. The summed E-state index contributed by atoms with van der Waals surface area (Å²) in [6, 6.07) is 4.38. The monoisotopic (exact) mass is 234 g/mol. The van der Waals surface area contributed by atoms with Crippen LogP contribution in [0.25, 0.3) is 0 Å². The number of hydrogen-bond acceptors (Lipinski definition) is 3. The molecule has 0 radical (unpaired) electrons. The minimum absolute atomic E-state index is 0.654. The summed E-state index contributed by atoms with van der Waals surface area (Å²) in [5, 5.41) is 0. The number of anilines is 1. The molecule has 2 rings (SSSR count). The van der Waals surface area contributed by atoms with E-state index in [0.29, 0.717) is 5.92 Å². The lowest BCUT2D eigenvalue weighted by molar-refractivity contribution is 0.122. The van der Waals surface area contributed by atoms with Crippen molar-refractivity contribution in [1.29, 1.82) is 0 Å². The fourth-order valence-corrected chi connectivity index (χ4v) is 2.38. The van der Waals surface area contributed by atoms with Gasteiger partial charge in [-0.25, -0.2) is 4.98 Å².